The number of anilines is 1. The lowest BCUT2D eigenvalue weighted by Crippen LogP contribution is -2.42. The summed E-state index contributed by atoms with van der Waals surface area (Å²) in [6.45, 7) is 2.99. The van der Waals surface area contributed by atoms with Crippen molar-refractivity contribution in [3.05, 3.63) is 11.4 Å². The second-order valence-electron chi connectivity index (χ2n) is 5.25. The number of rotatable bonds is 3. The monoisotopic (exact) mass is 322 g/mol. The third-order valence-electron chi connectivity index (χ3n) is 3.78. The summed E-state index contributed by atoms with van der Waals surface area (Å²) in [4.78, 5) is 23.9. The summed E-state index contributed by atoms with van der Waals surface area (Å²) in [6.07, 6.45) is 3.42. The van der Waals surface area contributed by atoms with Gasteiger partial charge in [-0.1, -0.05) is 11.8 Å². The van der Waals surface area contributed by atoms with E-state index in [4.69, 9.17) is 5.73 Å². The zero-order chi connectivity index (χ0) is 14.8. The lowest BCUT2D eigenvalue weighted by Gasteiger charge is -2.33. The normalized spacial score (nSPS) is 19.1. The molecule has 0 aromatic carbocycles. The number of nitrogens with two attached hydrogens (primary N) is 1. The predicted molar refractivity (Wildman–Crippen MR) is 87.6 cm³/mol. The number of thiophene rings is 1. The number of carbonyl (C=O) groups excluding carboxylic acids is 1. The Balaban J connectivity index is 1.67. The van der Waals surface area contributed by atoms with E-state index in [9.17, 15) is 4.79 Å². The van der Waals surface area contributed by atoms with Crippen LogP contribution in [0.3, 0.4) is 0 Å². The van der Waals surface area contributed by atoms with Crippen LogP contribution in [0.1, 0.15) is 26.2 Å². The second-order valence-corrected chi connectivity index (χ2v) is 7.09. The fourth-order valence-electron chi connectivity index (χ4n) is 2.60. The van der Waals surface area contributed by atoms with E-state index in [0.717, 1.165) is 29.6 Å². The topological polar surface area (TPSA) is 72.1 Å². The van der Waals surface area contributed by atoms with E-state index in [-0.39, 0.29) is 5.91 Å². The molecule has 0 radical (unpaired) electrons. The van der Waals surface area contributed by atoms with Gasteiger partial charge in [0.15, 0.2) is 5.16 Å². The Morgan fingerprint density at radius 2 is 2.38 bits per heavy atom. The van der Waals surface area contributed by atoms with E-state index >= 15 is 0 Å². The third kappa shape index (κ3) is 3.13. The van der Waals surface area contributed by atoms with Gasteiger partial charge in [0, 0.05) is 12.6 Å². The summed E-state index contributed by atoms with van der Waals surface area (Å²) in [5.74, 6) is 1.03. The SMILES string of the molecule is CC1CCCCN1C(=O)CSc1nc(N)c2ccsc2n1. The predicted octanol–water partition coefficient (Wildman–Crippen LogP) is 2.77. The number of aromatic nitrogens is 2. The van der Waals surface area contributed by atoms with Crippen LogP contribution in [0.5, 0.6) is 0 Å². The van der Waals surface area contributed by atoms with Gasteiger partial charge in [0.05, 0.1) is 11.1 Å². The first-order valence-corrected chi connectivity index (χ1v) is 8.94. The van der Waals surface area contributed by atoms with Crippen LogP contribution in [-0.4, -0.2) is 39.1 Å². The molecule has 3 heterocycles. The molecule has 1 aliphatic rings. The van der Waals surface area contributed by atoms with Crippen LogP contribution in [0, 0.1) is 0 Å². The van der Waals surface area contributed by atoms with E-state index in [1.807, 2.05) is 16.3 Å². The van der Waals surface area contributed by atoms with Gasteiger partial charge in [-0.3, -0.25) is 4.79 Å². The zero-order valence-corrected chi connectivity index (χ0v) is 13.5. The number of amides is 1. The first kappa shape index (κ1) is 14.6. The second kappa shape index (κ2) is 6.19. The van der Waals surface area contributed by atoms with Crippen molar-refractivity contribution >= 4 is 45.0 Å². The first-order chi connectivity index (χ1) is 10.1. The minimum Gasteiger partial charge on any atom is -0.383 e. The van der Waals surface area contributed by atoms with Crippen LogP contribution in [-0.2, 0) is 4.79 Å². The van der Waals surface area contributed by atoms with Crippen LogP contribution in [0.15, 0.2) is 16.6 Å². The van der Waals surface area contributed by atoms with Crippen molar-refractivity contribution in [2.45, 2.75) is 37.4 Å². The minimum absolute atomic E-state index is 0.167. The molecule has 2 aromatic heterocycles. The van der Waals surface area contributed by atoms with Crippen LogP contribution >= 0.6 is 23.1 Å². The summed E-state index contributed by atoms with van der Waals surface area (Å²) in [7, 11) is 0. The molecule has 1 saturated heterocycles. The van der Waals surface area contributed by atoms with Crippen molar-refractivity contribution in [3.63, 3.8) is 0 Å². The molecule has 1 atom stereocenters. The van der Waals surface area contributed by atoms with Gasteiger partial charge >= 0.3 is 0 Å². The fraction of sp³-hybridized carbons (Fsp3) is 0.500. The molecular formula is C14H18N4OS2. The summed E-state index contributed by atoms with van der Waals surface area (Å²) in [5.41, 5.74) is 5.92. The highest BCUT2D eigenvalue weighted by atomic mass is 32.2. The number of piperidine rings is 1. The van der Waals surface area contributed by atoms with Crippen molar-refractivity contribution in [2.75, 3.05) is 18.0 Å². The van der Waals surface area contributed by atoms with Gasteiger partial charge in [0.2, 0.25) is 5.91 Å². The Hall–Kier alpha value is -1.34. The van der Waals surface area contributed by atoms with Crippen LogP contribution in [0.2, 0.25) is 0 Å². The van der Waals surface area contributed by atoms with E-state index in [2.05, 4.69) is 16.9 Å². The highest BCUT2D eigenvalue weighted by Crippen LogP contribution is 2.26. The largest absolute Gasteiger partial charge is 0.383 e. The number of carbonyl (C=O) groups is 1. The van der Waals surface area contributed by atoms with Crippen molar-refractivity contribution in [1.82, 2.24) is 14.9 Å². The Bertz CT molecular complexity index is 657. The van der Waals surface area contributed by atoms with Crippen LogP contribution < -0.4 is 5.73 Å². The van der Waals surface area contributed by atoms with Gasteiger partial charge in [-0.15, -0.1) is 11.3 Å². The molecule has 1 fully saturated rings. The molecule has 2 aromatic rings. The van der Waals surface area contributed by atoms with E-state index in [0.29, 0.717) is 22.8 Å². The summed E-state index contributed by atoms with van der Waals surface area (Å²) >= 11 is 2.91. The maximum atomic E-state index is 12.3. The summed E-state index contributed by atoms with van der Waals surface area (Å²) in [5, 5.41) is 3.42. The molecule has 1 unspecified atom stereocenters. The molecule has 2 N–H and O–H groups in total. The van der Waals surface area contributed by atoms with Gasteiger partial charge in [-0.05, 0) is 37.6 Å². The highest BCUT2D eigenvalue weighted by molar-refractivity contribution is 7.99. The molecule has 112 valence electrons. The van der Waals surface area contributed by atoms with Gasteiger partial charge in [0.25, 0.3) is 0 Å². The highest BCUT2D eigenvalue weighted by Gasteiger charge is 2.23. The molecular weight excluding hydrogens is 304 g/mol. The molecule has 0 saturated carbocycles. The average Bonchev–Trinajstić information content (AvgIpc) is 2.94. The minimum atomic E-state index is 0.167. The summed E-state index contributed by atoms with van der Waals surface area (Å²) < 4.78 is 0. The number of nitrogens with zero attached hydrogens (tertiary/aromatic N) is 3. The number of fused-ring (bicyclic) bond motifs is 1. The van der Waals surface area contributed by atoms with E-state index in [1.165, 1.54) is 29.5 Å². The van der Waals surface area contributed by atoms with Gasteiger partial charge in [-0.25, -0.2) is 9.97 Å². The average molecular weight is 322 g/mol. The smallest absolute Gasteiger partial charge is 0.233 e. The van der Waals surface area contributed by atoms with E-state index in [1.54, 1.807) is 0 Å². The van der Waals surface area contributed by atoms with Crippen LogP contribution in [0.25, 0.3) is 10.2 Å². The maximum absolute atomic E-state index is 12.3. The molecule has 0 bridgehead atoms. The van der Waals surface area contributed by atoms with Gasteiger partial charge in [-0.2, -0.15) is 0 Å². The fourth-order valence-corrected chi connectivity index (χ4v) is 4.17. The molecule has 7 heteroatoms. The maximum Gasteiger partial charge on any atom is 0.233 e. The van der Waals surface area contributed by atoms with Gasteiger partial charge in [0.1, 0.15) is 10.6 Å². The number of nitrogen functional groups attached to an aromatic ring is 1. The van der Waals surface area contributed by atoms with Crippen LogP contribution in [0.4, 0.5) is 5.82 Å². The Morgan fingerprint density at radius 3 is 3.19 bits per heavy atom. The molecule has 1 aliphatic heterocycles. The zero-order valence-electron chi connectivity index (χ0n) is 11.9. The van der Waals surface area contributed by atoms with Gasteiger partial charge < -0.3 is 10.6 Å². The van der Waals surface area contributed by atoms with Crippen molar-refractivity contribution < 1.29 is 4.79 Å². The number of hydrogen-bond donors (Lipinski definition) is 1. The van der Waals surface area contributed by atoms with E-state index < -0.39 is 0 Å². The number of likely N-dealkylation sites (tertiary alicyclic amines) is 1. The molecule has 0 spiro atoms. The molecule has 21 heavy (non-hydrogen) atoms. The molecule has 3 rings (SSSR count). The third-order valence-corrected chi connectivity index (χ3v) is 5.42. The lowest BCUT2D eigenvalue weighted by atomic mass is 10.0. The molecule has 1 amide bonds. The number of hydrogen-bond acceptors (Lipinski definition) is 6. The van der Waals surface area contributed by atoms with Crippen molar-refractivity contribution in [1.29, 1.82) is 0 Å². The Labute approximate surface area is 131 Å². The molecule has 5 nitrogen and oxygen atoms in total. The first-order valence-electron chi connectivity index (χ1n) is 7.08. The van der Waals surface area contributed by atoms with Crippen molar-refractivity contribution in [3.8, 4) is 0 Å². The standard InChI is InChI=1S/C14H18N4OS2/c1-9-4-2-3-6-18(9)11(19)8-21-14-16-12(15)10-5-7-20-13(10)17-14/h5,7,9H,2-4,6,8H2,1H3,(H2,15,16,17). The Kier molecular flexibility index (Phi) is 4.30. The van der Waals surface area contributed by atoms with Crippen molar-refractivity contribution in [2.24, 2.45) is 0 Å². The molecule has 0 aliphatic carbocycles. The Morgan fingerprint density at radius 1 is 1.52 bits per heavy atom. The lowest BCUT2D eigenvalue weighted by molar-refractivity contribution is -0.131. The number of thioether (sulfide) groups is 1. The quantitative estimate of drug-likeness (QED) is 0.695. The summed E-state index contributed by atoms with van der Waals surface area (Å²) in [6, 6.07) is 2.27.